The summed E-state index contributed by atoms with van der Waals surface area (Å²) in [5, 5.41) is 0. The van der Waals surface area contributed by atoms with Crippen LogP contribution < -0.4 is 0 Å². The van der Waals surface area contributed by atoms with E-state index in [-0.39, 0.29) is 24.2 Å². The Morgan fingerprint density at radius 1 is 0.426 bits per heavy atom. The molecule has 7 heteroatoms. The number of nitrogens with zero attached hydrogens (tertiary/aromatic N) is 4. The van der Waals surface area contributed by atoms with E-state index in [1.165, 1.54) is 0 Å². The molecule has 0 saturated carbocycles. The van der Waals surface area contributed by atoms with Gasteiger partial charge in [-0.3, -0.25) is 0 Å². The van der Waals surface area contributed by atoms with Crippen molar-refractivity contribution in [3.63, 3.8) is 0 Å². The standard InChI is InChI=1S/C40H48N4O2Si/c1-29(2)41-39(35-25-17-11-18-26-35)42(30(3)4)47(41,43(31(5)6)40(44(47)32(7)8)36-27-19-12-20-28-36)45-37(33-21-13-9-14-22-33)38(46-47)34-23-15-10-16-24-34/h9-32H,1-8H3. The van der Waals surface area contributed by atoms with E-state index in [4.69, 9.17) is 8.85 Å². The average molecular weight is 645 g/mol. The van der Waals surface area contributed by atoms with Gasteiger partial charge in [-0.1, -0.05) is 0 Å². The molecule has 0 aromatic heterocycles. The molecule has 0 saturated heterocycles. The predicted molar refractivity (Wildman–Crippen MR) is 193 cm³/mol. The molecule has 3 heterocycles. The van der Waals surface area contributed by atoms with E-state index in [1.54, 1.807) is 0 Å². The molecule has 6 nitrogen and oxygen atoms in total. The Balaban J connectivity index is 1.73. The third-order valence-electron chi connectivity index (χ3n) is 10.1. The Bertz CT molecular complexity index is 1790. The number of hydrogen-bond donors (Lipinski definition) is 0. The Hall–Kier alpha value is -4.62. The first-order valence-electron chi connectivity index (χ1n) is 17.1. The van der Waals surface area contributed by atoms with E-state index in [2.05, 4.69) is 194 Å². The van der Waals surface area contributed by atoms with Crippen LogP contribution in [-0.4, -0.2) is 61.2 Å². The fraction of sp³-hybridized carbons (Fsp3) is 0.300. The molecule has 0 bridgehead atoms. The van der Waals surface area contributed by atoms with E-state index in [9.17, 15) is 0 Å². The molecule has 0 N–H and O–H groups in total. The van der Waals surface area contributed by atoms with E-state index < -0.39 is 7.76 Å². The third kappa shape index (κ3) is 3.61. The van der Waals surface area contributed by atoms with Crippen LogP contribution in [0.5, 0.6) is 0 Å². The van der Waals surface area contributed by atoms with Gasteiger partial charge in [0, 0.05) is 0 Å². The van der Waals surface area contributed by atoms with Crippen molar-refractivity contribution in [1.29, 1.82) is 0 Å². The minimum atomic E-state index is -5.54. The molecule has 0 aliphatic carbocycles. The van der Waals surface area contributed by atoms with Gasteiger partial charge < -0.3 is 0 Å². The molecule has 0 radical (unpaired) electrons. The fourth-order valence-electron chi connectivity index (χ4n) is 9.21. The second-order valence-electron chi connectivity index (χ2n) is 14.2. The first-order valence-corrected chi connectivity index (χ1v) is 19.8. The summed E-state index contributed by atoms with van der Waals surface area (Å²) in [6.07, 6.45) is 0. The van der Waals surface area contributed by atoms with Crippen LogP contribution >= 0.6 is 0 Å². The zero-order valence-corrected chi connectivity index (χ0v) is 30.0. The van der Waals surface area contributed by atoms with Crippen molar-refractivity contribution in [1.82, 2.24) is 9.13 Å². The monoisotopic (exact) mass is 644 g/mol. The van der Waals surface area contributed by atoms with Crippen molar-refractivity contribution >= 4 is 31.0 Å². The number of amidine groups is 2. The molecule has 1 spiro atoms. The van der Waals surface area contributed by atoms with E-state index in [0.29, 0.717) is 0 Å². The van der Waals surface area contributed by atoms with Gasteiger partial charge in [0.1, 0.15) is 0 Å². The summed E-state index contributed by atoms with van der Waals surface area (Å²) >= 11 is 0. The second-order valence-corrected chi connectivity index (χ2v) is 19.4. The van der Waals surface area contributed by atoms with Crippen molar-refractivity contribution in [2.45, 2.75) is 79.6 Å². The van der Waals surface area contributed by atoms with E-state index in [0.717, 1.165) is 45.4 Å². The first-order chi connectivity index (χ1) is 22.6. The van der Waals surface area contributed by atoms with Crippen molar-refractivity contribution in [3.05, 3.63) is 144 Å². The normalized spacial score (nSPS) is 20.7. The summed E-state index contributed by atoms with van der Waals surface area (Å²) in [6.45, 7) is 18.2. The molecule has 4 aromatic rings. The van der Waals surface area contributed by atoms with Crippen LogP contribution in [-0.2, 0) is 8.85 Å². The Morgan fingerprint density at radius 2 is 0.702 bits per heavy atom. The molecular weight excluding hydrogens is 597 g/mol. The van der Waals surface area contributed by atoms with Crippen molar-refractivity contribution < 1.29 is 17.3 Å². The topological polar surface area (TPSA) is 31.0 Å². The van der Waals surface area contributed by atoms with Crippen molar-refractivity contribution in [3.8, 4) is 0 Å². The summed E-state index contributed by atoms with van der Waals surface area (Å²) in [4.78, 5) is 0. The molecule has 3 aliphatic heterocycles. The van der Waals surface area contributed by atoms with Crippen LogP contribution in [0, 0.1) is 0 Å². The summed E-state index contributed by atoms with van der Waals surface area (Å²) in [7, 11) is -5.54. The van der Waals surface area contributed by atoms with Gasteiger partial charge in [-0.2, -0.15) is 0 Å². The van der Waals surface area contributed by atoms with E-state index >= 15 is 0 Å². The van der Waals surface area contributed by atoms with E-state index in [1.807, 2.05) is 0 Å². The number of rotatable bonds is 8. The summed E-state index contributed by atoms with van der Waals surface area (Å²) in [5.74, 6) is 3.80. The van der Waals surface area contributed by atoms with Crippen LogP contribution in [0.3, 0.4) is 0 Å². The number of hydrogen-bond acceptors (Lipinski definition) is 4. The van der Waals surface area contributed by atoms with Gasteiger partial charge in [-0.25, -0.2) is 0 Å². The van der Waals surface area contributed by atoms with Crippen molar-refractivity contribution in [2.24, 2.45) is 0 Å². The summed E-state index contributed by atoms with van der Waals surface area (Å²) < 4.78 is 26.7. The first kappa shape index (κ1) is 31.0. The second kappa shape index (κ2) is 10.4. The molecule has 0 fully saturated rings. The zero-order valence-electron chi connectivity index (χ0n) is 29.0. The Labute approximate surface area is 279 Å². The van der Waals surface area contributed by atoms with Gasteiger partial charge in [0.2, 0.25) is 0 Å². The maximum atomic E-state index is 8.22. The molecule has 4 aromatic carbocycles. The molecule has 0 amide bonds. The van der Waals surface area contributed by atoms with Crippen LogP contribution in [0.15, 0.2) is 121 Å². The molecular formula is C40H48N4O2Si. The average Bonchev–Trinajstić information content (AvgIpc) is 3.42. The summed E-state index contributed by atoms with van der Waals surface area (Å²) in [6, 6.07) is 42.6. The fourth-order valence-corrected chi connectivity index (χ4v) is 19.7. The van der Waals surface area contributed by atoms with Gasteiger partial charge >= 0.3 is 281 Å². The SMILES string of the molecule is CC(C)N1C(c2ccccc2)=[N+](C(C)C)[Si-2]123(OC(c1ccccc1)=C(c1ccccc1)O2)N(C(C)C)C(c1ccccc1)=[N+]3C(C)C. The van der Waals surface area contributed by atoms with Crippen LogP contribution in [0.25, 0.3) is 11.5 Å². The number of benzene rings is 4. The van der Waals surface area contributed by atoms with Gasteiger partial charge in [-0.15, -0.1) is 0 Å². The molecule has 7 rings (SSSR count). The minimum absolute atomic E-state index is 0.0246. The Morgan fingerprint density at radius 3 is 0.957 bits per heavy atom. The molecule has 244 valence electrons. The van der Waals surface area contributed by atoms with Gasteiger partial charge in [0.25, 0.3) is 0 Å². The Kier molecular flexibility index (Phi) is 6.89. The quantitative estimate of drug-likeness (QED) is 0.182. The third-order valence-corrected chi connectivity index (χ3v) is 18.4. The molecule has 0 atom stereocenters. The van der Waals surface area contributed by atoms with Gasteiger partial charge in [0.05, 0.1) is 0 Å². The summed E-state index contributed by atoms with van der Waals surface area (Å²) in [5.41, 5.74) is 4.28. The van der Waals surface area contributed by atoms with Gasteiger partial charge in [-0.05, 0) is 0 Å². The molecule has 47 heavy (non-hydrogen) atoms. The molecule has 3 aliphatic rings. The van der Waals surface area contributed by atoms with Crippen LogP contribution in [0.1, 0.15) is 77.6 Å². The zero-order chi connectivity index (χ0) is 33.2. The van der Waals surface area contributed by atoms with Crippen LogP contribution in [0.4, 0.5) is 0 Å². The van der Waals surface area contributed by atoms with Gasteiger partial charge in [0.15, 0.2) is 0 Å². The maximum absolute atomic E-state index is 8.22. The molecule has 0 unspecified atom stereocenters. The predicted octanol–water partition coefficient (Wildman–Crippen LogP) is 8.08. The van der Waals surface area contributed by atoms with Crippen molar-refractivity contribution in [2.75, 3.05) is 0 Å². The van der Waals surface area contributed by atoms with Crippen LogP contribution in [0.2, 0.25) is 0 Å².